The molecule has 1 heterocycles. The van der Waals surface area contributed by atoms with E-state index in [0.29, 0.717) is 0 Å². The molecule has 1 aliphatic rings. The van der Waals surface area contributed by atoms with Crippen molar-refractivity contribution in [1.29, 1.82) is 0 Å². The van der Waals surface area contributed by atoms with Gasteiger partial charge in [-0.1, -0.05) is 6.42 Å². The van der Waals surface area contributed by atoms with Crippen LogP contribution in [0.2, 0.25) is 0 Å². The Labute approximate surface area is 69.5 Å². The molecule has 0 spiro atoms. The lowest BCUT2D eigenvalue weighted by Gasteiger charge is -2.33. The van der Waals surface area contributed by atoms with Crippen molar-refractivity contribution >= 4 is 10.9 Å². The Kier molecular flexibility index (Phi) is 2.90. The molecule has 0 aliphatic carbocycles. The van der Waals surface area contributed by atoms with E-state index in [-0.39, 0.29) is 12.1 Å². The summed E-state index contributed by atoms with van der Waals surface area (Å²) in [6.07, 6.45) is 3.17. The molecule has 2 atom stereocenters. The topological polar surface area (TPSA) is 37.4 Å². The van der Waals surface area contributed by atoms with Gasteiger partial charge in [-0.05, 0) is 26.7 Å². The lowest BCUT2D eigenvalue weighted by atomic mass is 10.0. The summed E-state index contributed by atoms with van der Waals surface area (Å²) in [7, 11) is -2.36. The fraction of sp³-hybridized carbons (Fsp3) is 1.00. The van der Waals surface area contributed by atoms with Crippen LogP contribution in [0.1, 0.15) is 33.1 Å². The zero-order valence-electron chi connectivity index (χ0n) is 6.99. The minimum absolute atomic E-state index is 0.208. The first kappa shape index (κ1) is 9.00. The summed E-state index contributed by atoms with van der Waals surface area (Å²) in [6.45, 7) is 3.95. The summed E-state index contributed by atoms with van der Waals surface area (Å²) in [6, 6.07) is 0.416. The summed E-state index contributed by atoms with van der Waals surface area (Å²) in [5.74, 6) is 0. The lowest BCUT2D eigenvalue weighted by Crippen LogP contribution is -2.42. The maximum Gasteiger partial charge on any atom is 0.204 e. The molecule has 0 bridgehead atoms. The van der Waals surface area contributed by atoms with Gasteiger partial charge in [0.15, 0.2) is 0 Å². The van der Waals surface area contributed by atoms with Gasteiger partial charge in [-0.15, -0.1) is 0 Å². The molecule has 0 aromatic carbocycles. The quantitative estimate of drug-likeness (QED) is 0.601. The van der Waals surface area contributed by atoms with Crippen molar-refractivity contribution in [3.63, 3.8) is 0 Å². The highest BCUT2D eigenvalue weighted by Crippen LogP contribution is 2.21. The van der Waals surface area contributed by atoms with Crippen LogP contribution in [0.4, 0.5) is 0 Å². The number of hydrogen-bond acceptors (Lipinski definition) is 2. The van der Waals surface area contributed by atoms with Gasteiger partial charge in [0, 0.05) is 12.1 Å². The second kappa shape index (κ2) is 3.54. The molecule has 1 rings (SSSR count). The van der Waals surface area contributed by atoms with Crippen LogP contribution in [0.25, 0.3) is 0 Å². The maximum atomic E-state index is 10.7. The summed E-state index contributed by atoms with van der Waals surface area (Å²) in [5.41, 5.74) is 0. The van der Waals surface area contributed by atoms with Crippen LogP contribution in [0, 0.1) is 0 Å². The molecule has 0 radical (unpaired) electrons. The van der Waals surface area contributed by atoms with Gasteiger partial charge in [0.05, 0.1) is 0 Å². The van der Waals surface area contributed by atoms with Crippen LogP contribution >= 0.6 is 0 Å². The Morgan fingerprint density at radius 3 is 1.91 bits per heavy atom. The Morgan fingerprint density at radius 2 is 1.64 bits per heavy atom. The first-order chi connectivity index (χ1) is 5.13. The fourth-order valence-electron chi connectivity index (χ4n) is 1.73. The van der Waals surface area contributed by atoms with E-state index in [9.17, 15) is 8.42 Å². The molecule has 3 nitrogen and oxygen atoms in total. The summed E-state index contributed by atoms with van der Waals surface area (Å²) in [4.78, 5) is 0. The van der Waals surface area contributed by atoms with E-state index in [4.69, 9.17) is 0 Å². The van der Waals surface area contributed by atoms with Crippen molar-refractivity contribution in [3.05, 3.63) is 0 Å². The van der Waals surface area contributed by atoms with Gasteiger partial charge in [0.1, 0.15) is 0 Å². The van der Waals surface area contributed by atoms with Crippen molar-refractivity contribution in [2.45, 2.75) is 45.2 Å². The predicted molar refractivity (Wildman–Crippen MR) is 44.9 cm³/mol. The molecule has 11 heavy (non-hydrogen) atoms. The zero-order valence-corrected chi connectivity index (χ0v) is 7.88. The average molecular weight is 177 g/mol. The van der Waals surface area contributed by atoms with Crippen molar-refractivity contribution in [2.75, 3.05) is 0 Å². The predicted octanol–water partition coefficient (Wildman–Crippen LogP) is 0.776. The highest BCUT2D eigenvalue weighted by Gasteiger charge is 2.26. The van der Waals surface area contributed by atoms with Gasteiger partial charge < -0.3 is 0 Å². The van der Waals surface area contributed by atoms with Crippen molar-refractivity contribution in [2.24, 2.45) is 0 Å². The Balaban J connectivity index is 2.70. The van der Waals surface area contributed by atoms with Crippen LogP contribution in [0.3, 0.4) is 0 Å². The third kappa shape index (κ3) is 1.93. The molecule has 1 aliphatic heterocycles. The SMILES string of the molecule is CC1CCCC(C)N1[SH](=O)=O. The van der Waals surface area contributed by atoms with E-state index >= 15 is 0 Å². The first-order valence-corrected chi connectivity index (χ1v) is 5.18. The van der Waals surface area contributed by atoms with Crippen LogP contribution in [0.15, 0.2) is 0 Å². The normalized spacial score (nSPS) is 34.5. The van der Waals surface area contributed by atoms with Crippen molar-refractivity contribution in [3.8, 4) is 0 Å². The molecule has 0 N–H and O–H groups in total. The van der Waals surface area contributed by atoms with Gasteiger partial charge in [0.25, 0.3) is 0 Å². The summed E-state index contributed by atoms with van der Waals surface area (Å²) in [5, 5.41) is 0. The monoisotopic (exact) mass is 177 g/mol. The van der Waals surface area contributed by atoms with E-state index in [1.807, 2.05) is 13.8 Å². The van der Waals surface area contributed by atoms with Gasteiger partial charge in [-0.2, -0.15) is 4.31 Å². The zero-order chi connectivity index (χ0) is 8.43. The van der Waals surface area contributed by atoms with Gasteiger partial charge >= 0.3 is 0 Å². The Hall–Kier alpha value is -0.0900. The van der Waals surface area contributed by atoms with Crippen LogP contribution < -0.4 is 0 Å². The summed E-state index contributed by atoms with van der Waals surface area (Å²) < 4.78 is 23.1. The number of rotatable bonds is 1. The van der Waals surface area contributed by atoms with Crippen LogP contribution in [-0.4, -0.2) is 24.8 Å². The second-order valence-electron chi connectivity index (χ2n) is 3.25. The standard InChI is InChI=1S/C7H15NO2S/c1-6-4-3-5-7(2)8(6)11(9)10/h6-7,11H,3-5H2,1-2H3. The number of nitrogens with zero attached hydrogens (tertiary/aromatic N) is 1. The second-order valence-corrected chi connectivity index (χ2v) is 4.18. The third-order valence-corrected chi connectivity index (χ3v) is 3.50. The van der Waals surface area contributed by atoms with E-state index < -0.39 is 10.9 Å². The molecule has 0 amide bonds. The minimum Gasteiger partial charge on any atom is -0.215 e. The van der Waals surface area contributed by atoms with Crippen LogP contribution in [0.5, 0.6) is 0 Å². The van der Waals surface area contributed by atoms with Crippen LogP contribution in [-0.2, 0) is 10.9 Å². The third-order valence-electron chi connectivity index (χ3n) is 2.34. The number of hydrogen-bond donors (Lipinski definition) is 1. The Morgan fingerprint density at radius 1 is 1.18 bits per heavy atom. The highest BCUT2D eigenvalue weighted by atomic mass is 32.2. The molecule has 0 aromatic rings. The molecule has 1 fully saturated rings. The van der Waals surface area contributed by atoms with E-state index in [1.165, 1.54) is 0 Å². The number of thiol groups is 1. The fourth-order valence-corrected chi connectivity index (χ4v) is 2.60. The first-order valence-electron chi connectivity index (χ1n) is 4.05. The molecule has 2 unspecified atom stereocenters. The average Bonchev–Trinajstić information content (AvgIpc) is 1.85. The van der Waals surface area contributed by atoms with E-state index in [1.54, 1.807) is 4.31 Å². The molecule has 4 heteroatoms. The smallest absolute Gasteiger partial charge is 0.204 e. The Bertz CT molecular complexity index is 185. The largest absolute Gasteiger partial charge is 0.215 e. The lowest BCUT2D eigenvalue weighted by molar-refractivity contribution is 0.210. The molecule has 66 valence electrons. The molecular formula is C7H15NO2S. The van der Waals surface area contributed by atoms with E-state index in [2.05, 4.69) is 0 Å². The van der Waals surface area contributed by atoms with E-state index in [0.717, 1.165) is 19.3 Å². The van der Waals surface area contributed by atoms with Gasteiger partial charge in [0.2, 0.25) is 10.9 Å². The molecule has 0 saturated carbocycles. The highest BCUT2D eigenvalue weighted by molar-refractivity contribution is 7.69. The van der Waals surface area contributed by atoms with Gasteiger partial charge in [-0.25, -0.2) is 8.42 Å². The molecular weight excluding hydrogens is 162 g/mol. The maximum absolute atomic E-state index is 10.7. The summed E-state index contributed by atoms with van der Waals surface area (Å²) >= 11 is 0. The van der Waals surface area contributed by atoms with Gasteiger partial charge in [-0.3, -0.25) is 0 Å². The van der Waals surface area contributed by atoms with Crippen molar-refractivity contribution in [1.82, 2.24) is 4.31 Å². The number of piperidine rings is 1. The molecule has 1 saturated heterocycles. The van der Waals surface area contributed by atoms with Crippen molar-refractivity contribution < 1.29 is 8.42 Å². The minimum atomic E-state index is -2.36. The molecule has 0 aromatic heterocycles.